The summed E-state index contributed by atoms with van der Waals surface area (Å²) < 4.78 is 5.20. The highest BCUT2D eigenvalue weighted by Crippen LogP contribution is 2.22. The van der Waals surface area contributed by atoms with E-state index in [2.05, 4.69) is 25.1 Å². The molecule has 0 saturated carbocycles. The molecule has 0 spiro atoms. The van der Waals surface area contributed by atoms with Crippen LogP contribution in [-0.4, -0.2) is 31.6 Å². The second kappa shape index (κ2) is 5.43. The first-order chi connectivity index (χ1) is 9.76. The molecule has 0 atom stereocenters. The van der Waals surface area contributed by atoms with E-state index in [1.54, 1.807) is 12.4 Å². The molecule has 0 aliphatic carbocycles. The summed E-state index contributed by atoms with van der Waals surface area (Å²) in [5.41, 5.74) is 7.13. The van der Waals surface area contributed by atoms with Crippen LogP contribution in [-0.2, 0) is 6.42 Å². The molecule has 0 fully saturated rings. The zero-order valence-electron chi connectivity index (χ0n) is 10.8. The minimum absolute atomic E-state index is 0.355. The van der Waals surface area contributed by atoms with E-state index >= 15 is 0 Å². The maximum atomic E-state index is 5.50. The molecule has 0 aliphatic heterocycles. The normalized spacial score (nSPS) is 10.9. The van der Waals surface area contributed by atoms with E-state index in [1.165, 1.54) is 11.3 Å². The Kier molecular flexibility index (Phi) is 3.48. The molecule has 0 aromatic carbocycles. The summed E-state index contributed by atoms with van der Waals surface area (Å²) in [7, 11) is 0. The standard InChI is InChI=1S/C12H12N6OS/c1-7-4-14-10(15-5-7)11-17-12(19-18-11)8-6-20-9(16-8)2-3-13/h4-6H,2-3,13H2,1H3. The summed E-state index contributed by atoms with van der Waals surface area (Å²) in [5, 5.41) is 6.70. The zero-order valence-corrected chi connectivity index (χ0v) is 11.6. The minimum Gasteiger partial charge on any atom is -0.332 e. The third kappa shape index (κ3) is 2.56. The Morgan fingerprint density at radius 3 is 2.75 bits per heavy atom. The van der Waals surface area contributed by atoms with Crippen molar-refractivity contribution in [2.24, 2.45) is 5.73 Å². The van der Waals surface area contributed by atoms with E-state index in [4.69, 9.17) is 10.3 Å². The summed E-state index contributed by atoms with van der Waals surface area (Å²) in [6.07, 6.45) is 4.16. The number of hydrogen-bond acceptors (Lipinski definition) is 8. The first kappa shape index (κ1) is 12.8. The van der Waals surface area contributed by atoms with Crippen LogP contribution >= 0.6 is 11.3 Å². The Morgan fingerprint density at radius 1 is 1.20 bits per heavy atom. The average Bonchev–Trinajstić information content (AvgIpc) is 3.08. The van der Waals surface area contributed by atoms with Crippen LogP contribution in [0.3, 0.4) is 0 Å². The number of nitrogens with two attached hydrogens (primary N) is 1. The van der Waals surface area contributed by atoms with Crippen LogP contribution in [0.4, 0.5) is 0 Å². The van der Waals surface area contributed by atoms with Gasteiger partial charge in [0.1, 0.15) is 5.69 Å². The topological polar surface area (TPSA) is 104 Å². The number of rotatable bonds is 4. The van der Waals surface area contributed by atoms with Crippen LogP contribution in [0.25, 0.3) is 23.2 Å². The smallest absolute Gasteiger partial charge is 0.277 e. The van der Waals surface area contributed by atoms with Crippen LogP contribution in [0.5, 0.6) is 0 Å². The van der Waals surface area contributed by atoms with Crippen molar-refractivity contribution in [2.75, 3.05) is 6.54 Å². The van der Waals surface area contributed by atoms with Crippen LogP contribution in [0.1, 0.15) is 10.6 Å². The fourth-order valence-corrected chi connectivity index (χ4v) is 2.36. The van der Waals surface area contributed by atoms with Crippen molar-refractivity contribution in [3.05, 3.63) is 28.3 Å². The predicted octanol–water partition coefficient (Wildman–Crippen LogP) is 1.46. The van der Waals surface area contributed by atoms with E-state index < -0.39 is 0 Å². The van der Waals surface area contributed by atoms with Crippen LogP contribution in [0, 0.1) is 6.92 Å². The summed E-state index contributed by atoms with van der Waals surface area (Å²) in [6, 6.07) is 0. The zero-order chi connectivity index (χ0) is 13.9. The molecule has 2 N–H and O–H groups in total. The van der Waals surface area contributed by atoms with Crippen molar-refractivity contribution in [2.45, 2.75) is 13.3 Å². The lowest BCUT2D eigenvalue weighted by Gasteiger charge is -1.92. The fourth-order valence-electron chi connectivity index (χ4n) is 1.57. The van der Waals surface area contributed by atoms with Gasteiger partial charge >= 0.3 is 0 Å². The third-order valence-corrected chi connectivity index (χ3v) is 3.44. The van der Waals surface area contributed by atoms with Crippen molar-refractivity contribution < 1.29 is 4.52 Å². The molecule has 3 rings (SSSR count). The summed E-state index contributed by atoms with van der Waals surface area (Å²) in [4.78, 5) is 17.0. The number of hydrogen-bond donors (Lipinski definition) is 1. The molecule has 3 heterocycles. The highest BCUT2D eigenvalue weighted by atomic mass is 32.1. The lowest BCUT2D eigenvalue weighted by atomic mass is 10.4. The second-order valence-electron chi connectivity index (χ2n) is 4.17. The molecule has 0 aliphatic rings. The van der Waals surface area contributed by atoms with Gasteiger partial charge in [0.2, 0.25) is 11.6 Å². The summed E-state index contributed by atoms with van der Waals surface area (Å²) >= 11 is 1.53. The maximum Gasteiger partial charge on any atom is 0.277 e. The quantitative estimate of drug-likeness (QED) is 0.775. The number of aromatic nitrogens is 5. The first-order valence-corrected chi connectivity index (χ1v) is 6.92. The van der Waals surface area contributed by atoms with Crippen LogP contribution in [0.15, 0.2) is 22.3 Å². The lowest BCUT2D eigenvalue weighted by molar-refractivity contribution is 0.430. The van der Waals surface area contributed by atoms with Gasteiger partial charge < -0.3 is 10.3 Å². The number of aryl methyl sites for hydroxylation is 1. The molecule has 7 nitrogen and oxygen atoms in total. The van der Waals surface area contributed by atoms with E-state index in [0.717, 1.165) is 17.0 Å². The van der Waals surface area contributed by atoms with E-state index in [-0.39, 0.29) is 0 Å². The average molecular weight is 288 g/mol. The lowest BCUT2D eigenvalue weighted by Crippen LogP contribution is -2.01. The van der Waals surface area contributed by atoms with Gasteiger partial charge in [-0.3, -0.25) is 0 Å². The van der Waals surface area contributed by atoms with Crippen molar-refractivity contribution in [3.63, 3.8) is 0 Å². The summed E-state index contributed by atoms with van der Waals surface area (Å²) in [6.45, 7) is 2.49. The van der Waals surface area contributed by atoms with Gasteiger partial charge in [-0.15, -0.1) is 11.3 Å². The van der Waals surface area contributed by atoms with Gasteiger partial charge in [-0.05, 0) is 19.0 Å². The molecular weight excluding hydrogens is 276 g/mol. The highest BCUT2D eigenvalue weighted by Gasteiger charge is 2.15. The van der Waals surface area contributed by atoms with Crippen molar-refractivity contribution in [1.82, 2.24) is 25.1 Å². The molecule has 0 saturated heterocycles. The molecule has 20 heavy (non-hydrogen) atoms. The Hall–Kier alpha value is -2.19. The van der Waals surface area contributed by atoms with Crippen LogP contribution in [0.2, 0.25) is 0 Å². The van der Waals surface area contributed by atoms with Gasteiger partial charge in [0, 0.05) is 24.2 Å². The molecular formula is C12H12N6OS. The molecule has 0 unspecified atom stereocenters. The Bertz CT molecular complexity index is 705. The second-order valence-corrected chi connectivity index (χ2v) is 5.11. The molecule has 8 heteroatoms. The van der Waals surface area contributed by atoms with Gasteiger partial charge in [0.15, 0.2) is 0 Å². The Morgan fingerprint density at radius 2 is 2.00 bits per heavy atom. The Labute approximate surface area is 118 Å². The van der Waals surface area contributed by atoms with Crippen molar-refractivity contribution in [3.8, 4) is 23.2 Å². The van der Waals surface area contributed by atoms with Crippen LogP contribution < -0.4 is 5.73 Å². The van der Waals surface area contributed by atoms with E-state index in [1.807, 2.05) is 12.3 Å². The monoisotopic (exact) mass is 288 g/mol. The fraction of sp³-hybridized carbons (Fsp3) is 0.250. The van der Waals surface area contributed by atoms with Gasteiger partial charge in [0.25, 0.3) is 5.89 Å². The van der Waals surface area contributed by atoms with Crippen molar-refractivity contribution in [1.29, 1.82) is 0 Å². The number of nitrogens with zero attached hydrogens (tertiary/aromatic N) is 5. The minimum atomic E-state index is 0.355. The van der Waals surface area contributed by atoms with Crippen molar-refractivity contribution >= 4 is 11.3 Å². The molecule has 3 aromatic heterocycles. The predicted molar refractivity (Wildman–Crippen MR) is 73.9 cm³/mol. The Balaban J connectivity index is 1.87. The summed E-state index contributed by atoms with van der Waals surface area (Å²) in [5.74, 6) is 1.15. The van der Waals surface area contributed by atoms with Gasteiger partial charge in [0.05, 0.1) is 5.01 Å². The van der Waals surface area contributed by atoms with E-state index in [0.29, 0.717) is 29.8 Å². The van der Waals surface area contributed by atoms with Gasteiger partial charge in [-0.2, -0.15) is 4.98 Å². The first-order valence-electron chi connectivity index (χ1n) is 6.04. The molecule has 102 valence electrons. The molecule has 0 amide bonds. The highest BCUT2D eigenvalue weighted by molar-refractivity contribution is 7.09. The third-order valence-electron chi connectivity index (χ3n) is 2.54. The molecule has 3 aromatic rings. The SMILES string of the molecule is Cc1cnc(-c2noc(-c3csc(CCN)n3)n2)nc1. The largest absolute Gasteiger partial charge is 0.332 e. The maximum absolute atomic E-state index is 5.50. The number of thiazole rings is 1. The van der Waals surface area contributed by atoms with Gasteiger partial charge in [-0.25, -0.2) is 15.0 Å². The van der Waals surface area contributed by atoms with E-state index in [9.17, 15) is 0 Å². The molecule has 0 bridgehead atoms. The molecule has 0 radical (unpaired) electrons. The van der Waals surface area contributed by atoms with Gasteiger partial charge in [-0.1, -0.05) is 5.16 Å².